The number of carbonyl (C=O) groups is 1. The first kappa shape index (κ1) is 13.1. The minimum absolute atomic E-state index is 0.0446. The molecule has 2 N–H and O–H groups in total. The Morgan fingerprint density at radius 3 is 2.74 bits per heavy atom. The van der Waals surface area contributed by atoms with Crippen molar-refractivity contribution in [2.45, 2.75) is 31.7 Å². The van der Waals surface area contributed by atoms with Crippen LogP contribution in [0.25, 0.3) is 0 Å². The predicted molar refractivity (Wildman–Crippen MR) is 72.4 cm³/mol. The number of nitrogens with two attached hydrogens (primary N) is 1. The van der Waals surface area contributed by atoms with Crippen molar-refractivity contribution in [3.05, 3.63) is 34.6 Å². The first-order valence-corrected chi connectivity index (χ1v) is 7.17. The molecule has 0 amide bonds. The van der Waals surface area contributed by atoms with Gasteiger partial charge in [0, 0.05) is 29.0 Å². The fraction of sp³-hybridized carbons (Fsp3) is 0.533. The van der Waals surface area contributed by atoms with Crippen LogP contribution in [0, 0.1) is 23.6 Å². The smallest absolute Gasteiger partial charge is 0.142 e. The molecule has 2 saturated carbocycles. The topological polar surface area (TPSA) is 43.1 Å². The van der Waals surface area contributed by atoms with Gasteiger partial charge in [0.15, 0.2) is 0 Å². The fourth-order valence-electron chi connectivity index (χ4n) is 3.81. The molecule has 2 fully saturated rings. The van der Waals surface area contributed by atoms with Crippen molar-refractivity contribution in [2.24, 2.45) is 23.5 Å². The van der Waals surface area contributed by atoms with E-state index in [-0.39, 0.29) is 24.2 Å². The van der Waals surface area contributed by atoms with Crippen LogP contribution >= 0.6 is 11.6 Å². The highest BCUT2D eigenvalue weighted by Gasteiger charge is 2.48. The highest BCUT2D eigenvalue weighted by molar-refractivity contribution is 6.31. The average molecular weight is 282 g/mol. The summed E-state index contributed by atoms with van der Waals surface area (Å²) in [7, 11) is 0. The van der Waals surface area contributed by atoms with E-state index < -0.39 is 5.82 Å². The number of Topliss-reactive ketones (excluding diaryl/α,β-unsaturated/α-hetero) is 1. The molecule has 0 heterocycles. The zero-order valence-electron chi connectivity index (χ0n) is 10.6. The van der Waals surface area contributed by atoms with Crippen LogP contribution < -0.4 is 5.73 Å². The predicted octanol–water partition coefficient (Wildman–Crippen LogP) is 2.96. The summed E-state index contributed by atoms with van der Waals surface area (Å²) in [6.45, 7) is 0. The van der Waals surface area contributed by atoms with Crippen LogP contribution in [0.15, 0.2) is 18.2 Å². The minimum atomic E-state index is -0.405. The molecule has 19 heavy (non-hydrogen) atoms. The van der Waals surface area contributed by atoms with E-state index in [1.54, 1.807) is 12.1 Å². The zero-order chi connectivity index (χ0) is 13.6. The number of hydrogen-bond donors (Lipinski definition) is 1. The zero-order valence-corrected chi connectivity index (χ0v) is 11.4. The number of halogens is 2. The lowest BCUT2D eigenvalue weighted by molar-refractivity contribution is -0.124. The second-order valence-corrected chi connectivity index (χ2v) is 6.19. The lowest BCUT2D eigenvalue weighted by atomic mass is 9.80. The van der Waals surface area contributed by atoms with E-state index >= 15 is 0 Å². The Bertz CT molecular complexity index is 497. The SMILES string of the molecule is NC1C2CCC(C2)C1C(=O)Cc1c(F)cccc1Cl. The molecule has 0 saturated heterocycles. The van der Waals surface area contributed by atoms with Gasteiger partial charge in [-0.15, -0.1) is 0 Å². The minimum Gasteiger partial charge on any atom is -0.327 e. The first-order valence-electron chi connectivity index (χ1n) is 6.79. The molecular weight excluding hydrogens is 265 g/mol. The second-order valence-electron chi connectivity index (χ2n) is 5.78. The lowest BCUT2D eigenvalue weighted by Gasteiger charge is -2.27. The van der Waals surface area contributed by atoms with E-state index in [9.17, 15) is 9.18 Å². The van der Waals surface area contributed by atoms with Crippen LogP contribution in [0.5, 0.6) is 0 Å². The Morgan fingerprint density at radius 1 is 1.37 bits per heavy atom. The van der Waals surface area contributed by atoms with Crippen LogP contribution in [0.1, 0.15) is 24.8 Å². The molecule has 4 atom stereocenters. The van der Waals surface area contributed by atoms with Crippen LogP contribution in [0.2, 0.25) is 5.02 Å². The normalized spacial score (nSPS) is 32.8. The molecule has 0 aromatic heterocycles. The van der Waals surface area contributed by atoms with Crippen molar-refractivity contribution in [3.63, 3.8) is 0 Å². The third-order valence-corrected chi connectivity index (χ3v) is 5.12. The molecule has 2 aliphatic rings. The number of carbonyl (C=O) groups excluding carboxylic acids is 1. The van der Waals surface area contributed by atoms with E-state index in [2.05, 4.69) is 0 Å². The van der Waals surface area contributed by atoms with Crippen molar-refractivity contribution in [2.75, 3.05) is 0 Å². The van der Waals surface area contributed by atoms with Gasteiger partial charge in [0.1, 0.15) is 11.6 Å². The largest absolute Gasteiger partial charge is 0.327 e. The molecule has 0 aliphatic heterocycles. The van der Waals surface area contributed by atoms with Gasteiger partial charge >= 0.3 is 0 Å². The van der Waals surface area contributed by atoms with Crippen LogP contribution in [-0.2, 0) is 11.2 Å². The number of hydrogen-bond acceptors (Lipinski definition) is 2. The maximum absolute atomic E-state index is 13.7. The third-order valence-electron chi connectivity index (χ3n) is 4.77. The summed E-state index contributed by atoms with van der Waals surface area (Å²) < 4.78 is 13.7. The Balaban J connectivity index is 1.79. The van der Waals surface area contributed by atoms with Crippen molar-refractivity contribution >= 4 is 17.4 Å². The molecule has 0 radical (unpaired) electrons. The van der Waals surface area contributed by atoms with Crippen molar-refractivity contribution in [1.29, 1.82) is 0 Å². The van der Waals surface area contributed by atoms with Gasteiger partial charge in [0.05, 0.1) is 0 Å². The highest BCUT2D eigenvalue weighted by Crippen LogP contribution is 2.48. The van der Waals surface area contributed by atoms with E-state index in [4.69, 9.17) is 17.3 Å². The summed E-state index contributed by atoms with van der Waals surface area (Å²) in [5.41, 5.74) is 6.46. The number of rotatable bonds is 3. The summed E-state index contributed by atoms with van der Waals surface area (Å²) in [6.07, 6.45) is 3.34. The Hall–Kier alpha value is -0.930. The van der Waals surface area contributed by atoms with Crippen molar-refractivity contribution in [1.82, 2.24) is 0 Å². The molecule has 4 heteroatoms. The van der Waals surface area contributed by atoms with Crippen LogP contribution in [0.3, 0.4) is 0 Å². The maximum Gasteiger partial charge on any atom is 0.142 e. The van der Waals surface area contributed by atoms with E-state index in [0.29, 0.717) is 22.4 Å². The van der Waals surface area contributed by atoms with Crippen LogP contribution in [0.4, 0.5) is 4.39 Å². The molecule has 3 rings (SSSR count). The highest BCUT2D eigenvalue weighted by atomic mass is 35.5. The number of benzene rings is 1. The van der Waals surface area contributed by atoms with Gasteiger partial charge < -0.3 is 5.73 Å². The molecule has 2 bridgehead atoms. The van der Waals surface area contributed by atoms with Gasteiger partial charge in [0.25, 0.3) is 0 Å². The van der Waals surface area contributed by atoms with Crippen LogP contribution in [-0.4, -0.2) is 11.8 Å². The summed E-state index contributed by atoms with van der Waals surface area (Å²) in [4.78, 5) is 12.4. The summed E-state index contributed by atoms with van der Waals surface area (Å²) in [5.74, 6) is 0.423. The van der Waals surface area contributed by atoms with E-state index in [1.807, 2.05) is 0 Å². The van der Waals surface area contributed by atoms with Gasteiger partial charge in [-0.05, 0) is 43.2 Å². The lowest BCUT2D eigenvalue weighted by Crippen LogP contribution is -2.40. The molecule has 1 aromatic rings. The molecule has 0 spiro atoms. The Morgan fingerprint density at radius 2 is 2.11 bits per heavy atom. The third kappa shape index (κ3) is 2.19. The van der Waals surface area contributed by atoms with Crippen molar-refractivity contribution in [3.8, 4) is 0 Å². The maximum atomic E-state index is 13.7. The standard InChI is InChI=1S/C15H17ClFNO/c16-11-2-1-3-12(17)10(11)7-13(19)14-8-4-5-9(6-8)15(14)18/h1-3,8-9,14-15H,4-7,18H2. The summed E-state index contributed by atoms with van der Waals surface area (Å²) in [5, 5.41) is 0.324. The molecule has 102 valence electrons. The van der Waals surface area contributed by atoms with E-state index in [1.165, 1.54) is 6.07 Å². The molecule has 2 aliphatic carbocycles. The molecular formula is C15H17ClFNO. The van der Waals surface area contributed by atoms with Gasteiger partial charge in [-0.3, -0.25) is 4.79 Å². The summed E-state index contributed by atoms with van der Waals surface area (Å²) >= 11 is 5.97. The quantitative estimate of drug-likeness (QED) is 0.926. The monoisotopic (exact) mass is 281 g/mol. The first-order chi connectivity index (χ1) is 9.08. The van der Waals surface area contributed by atoms with Gasteiger partial charge in [-0.1, -0.05) is 17.7 Å². The fourth-order valence-corrected chi connectivity index (χ4v) is 4.04. The molecule has 1 aromatic carbocycles. The second kappa shape index (κ2) is 4.88. The summed E-state index contributed by atoms with van der Waals surface area (Å²) in [6, 6.07) is 4.47. The number of fused-ring (bicyclic) bond motifs is 2. The Labute approximate surface area is 117 Å². The van der Waals surface area contributed by atoms with Gasteiger partial charge in [-0.2, -0.15) is 0 Å². The van der Waals surface area contributed by atoms with Crippen molar-refractivity contribution < 1.29 is 9.18 Å². The van der Waals surface area contributed by atoms with E-state index in [0.717, 1.165) is 19.3 Å². The average Bonchev–Trinajstić information content (AvgIpc) is 2.94. The molecule has 2 nitrogen and oxygen atoms in total. The molecule has 4 unspecified atom stereocenters. The Kier molecular flexibility index (Phi) is 3.35. The number of ketones is 1. The van der Waals surface area contributed by atoms with Gasteiger partial charge in [0.2, 0.25) is 0 Å². The van der Waals surface area contributed by atoms with Gasteiger partial charge in [-0.25, -0.2) is 4.39 Å².